The molecule has 0 radical (unpaired) electrons. The number of aliphatic carboxylic acids is 1. The number of carbonyl (C=O) groups is 4. The second kappa shape index (κ2) is 18.4. The summed E-state index contributed by atoms with van der Waals surface area (Å²) in [4.78, 5) is 50.1. The molecule has 0 unspecified atom stereocenters. The largest absolute Gasteiger partial charge is 0.479 e. The van der Waals surface area contributed by atoms with Crippen molar-refractivity contribution in [3.8, 4) is 11.5 Å². The number of rotatable bonds is 10. The second-order valence-electron chi connectivity index (χ2n) is 10.7. The minimum Gasteiger partial charge on any atom is -0.479 e. The summed E-state index contributed by atoms with van der Waals surface area (Å²) in [7, 11) is 0. The first-order valence-electron chi connectivity index (χ1n) is 14.3. The number of esters is 1. The first-order valence-corrected chi connectivity index (χ1v) is 17.5. The third-order valence-electron chi connectivity index (χ3n) is 6.47. The molecule has 20 heteroatoms. The molecule has 8 nitrogen and oxygen atoms in total. The molecular formula is C32H27Cl2F8NO7S2. The van der Waals surface area contributed by atoms with E-state index in [0.29, 0.717) is 29.6 Å². The van der Waals surface area contributed by atoms with Gasteiger partial charge >= 0.3 is 24.3 Å². The van der Waals surface area contributed by atoms with Gasteiger partial charge in [0.05, 0.1) is 32.3 Å². The van der Waals surface area contributed by atoms with E-state index >= 15 is 0 Å². The Morgan fingerprint density at radius 3 is 1.88 bits per heavy atom. The van der Waals surface area contributed by atoms with Crippen LogP contribution < -0.4 is 4.74 Å². The number of carbonyl (C=O) groups excluding carboxylic acids is 3. The van der Waals surface area contributed by atoms with Crippen LogP contribution in [-0.4, -0.2) is 50.9 Å². The van der Waals surface area contributed by atoms with Crippen molar-refractivity contribution < 1.29 is 68.9 Å². The summed E-state index contributed by atoms with van der Waals surface area (Å²) in [5.41, 5.74) is -5.74. The molecule has 0 fully saturated rings. The zero-order chi connectivity index (χ0) is 39.9. The number of halogens is 10. The lowest BCUT2D eigenvalue weighted by Gasteiger charge is -2.21. The smallest absolute Gasteiger partial charge is 0.434 e. The number of pyridine rings is 1. The Balaban J connectivity index is 0.000000361. The van der Waals surface area contributed by atoms with E-state index in [-0.39, 0.29) is 45.0 Å². The maximum absolute atomic E-state index is 13.4. The van der Waals surface area contributed by atoms with Gasteiger partial charge in [-0.3, -0.25) is 9.59 Å². The van der Waals surface area contributed by atoms with Gasteiger partial charge in [-0.25, -0.2) is 23.4 Å². The highest BCUT2D eigenvalue weighted by molar-refractivity contribution is 8.13. The molecule has 0 amide bonds. The van der Waals surface area contributed by atoms with Crippen LogP contribution in [0, 0.1) is 5.92 Å². The molecular weight excluding hydrogens is 797 g/mol. The summed E-state index contributed by atoms with van der Waals surface area (Å²) >= 11 is 12.8. The number of nitrogens with zero attached hydrogens (tertiary/aromatic N) is 1. The topological polar surface area (TPSA) is 120 Å². The molecule has 0 spiro atoms. The van der Waals surface area contributed by atoms with Crippen molar-refractivity contribution in [3.63, 3.8) is 0 Å². The Hall–Kier alpha value is -3.61. The quantitative estimate of drug-likeness (QED) is 0.156. The summed E-state index contributed by atoms with van der Waals surface area (Å²) in [5, 5.41) is 6.65. The molecule has 0 saturated carbocycles. The first kappa shape index (κ1) is 44.6. The van der Waals surface area contributed by atoms with Crippen LogP contribution in [-0.2, 0) is 28.3 Å². The highest BCUT2D eigenvalue weighted by atomic mass is 35.5. The molecule has 3 rings (SSSR count). The monoisotopic (exact) mass is 823 g/mol. The lowest BCUT2D eigenvalue weighted by molar-refractivity contribution is -0.146. The van der Waals surface area contributed by atoms with Crippen LogP contribution >= 0.6 is 46.7 Å². The molecule has 1 aromatic heterocycles. The average molecular weight is 825 g/mol. The van der Waals surface area contributed by atoms with E-state index in [4.69, 9.17) is 37.8 Å². The number of thioether (sulfide) groups is 2. The van der Waals surface area contributed by atoms with E-state index < -0.39 is 75.1 Å². The van der Waals surface area contributed by atoms with Crippen molar-refractivity contribution in [1.82, 2.24) is 4.98 Å². The lowest BCUT2D eigenvalue weighted by atomic mass is 9.92. The highest BCUT2D eigenvalue weighted by Crippen LogP contribution is 2.40. The fraction of sp³-hybridized carbons (Fsp3) is 0.344. The van der Waals surface area contributed by atoms with Crippen LogP contribution in [0.2, 0.25) is 10.0 Å². The van der Waals surface area contributed by atoms with Crippen molar-refractivity contribution in [2.45, 2.75) is 52.1 Å². The molecule has 0 aliphatic heterocycles. The van der Waals surface area contributed by atoms with E-state index in [0.717, 1.165) is 25.1 Å². The highest BCUT2D eigenvalue weighted by Gasteiger charge is 2.42. The zero-order valence-electron chi connectivity index (χ0n) is 27.3. The van der Waals surface area contributed by atoms with Crippen molar-refractivity contribution in [1.29, 1.82) is 0 Å². The number of carboxylic acids is 1. The average Bonchev–Trinajstić information content (AvgIpc) is 3.04. The predicted octanol–water partition coefficient (Wildman–Crippen LogP) is 10.7. The van der Waals surface area contributed by atoms with Crippen LogP contribution in [0.3, 0.4) is 0 Å². The van der Waals surface area contributed by atoms with Crippen molar-refractivity contribution in [2.24, 2.45) is 5.92 Å². The van der Waals surface area contributed by atoms with Crippen molar-refractivity contribution in [3.05, 3.63) is 85.6 Å². The zero-order valence-corrected chi connectivity index (χ0v) is 30.5. The van der Waals surface area contributed by atoms with E-state index in [1.165, 1.54) is 24.6 Å². The van der Waals surface area contributed by atoms with Crippen molar-refractivity contribution in [2.75, 3.05) is 12.5 Å². The number of aromatic nitrogens is 1. The van der Waals surface area contributed by atoms with Gasteiger partial charge < -0.3 is 14.6 Å². The summed E-state index contributed by atoms with van der Waals surface area (Å²) < 4.78 is 115. The fourth-order valence-corrected chi connectivity index (χ4v) is 5.44. The number of hydrogen-bond donors (Lipinski definition) is 1. The van der Waals surface area contributed by atoms with Crippen molar-refractivity contribution >= 4 is 68.9 Å². The van der Waals surface area contributed by atoms with Gasteiger partial charge in [-0.2, -0.15) is 26.3 Å². The summed E-state index contributed by atoms with van der Waals surface area (Å²) in [6, 6.07) is 6.33. The molecule has 1 atom stereocenters. The van der Waals surface area contributed by atoms with Gasteiger partial charge in [0, 0.05) is 0 Å². The van der Waals surface area contributed by atoms with Gasteiger partial charge in [0.2, 0.25) is 10.2 Å². The normalized spacial score (nSPS) is 12.2. The molecule has 0 aliphatic carbocycles. The SMILES string of the molecule is CSC(=O)c1c(C(F)F)nc(C(F)(F)F)c(C(=O)SC)c1CC(C)C.C[C@H](OC(=O)c1cc(Oc2ccc(C(F)(F)F)cc2Cl)ccc1Cl)C(=O)O. The van der Waals surface area contributed by atoms with Gasteiger partial charge in [0.25, 0.3) is 6.43 Å². The third kappa shape index (κ3) is 11.7. The lowest BCUT2D eigenvalue weighted by Crippen LogP contribution is -2.23. The van der Waals surface area contributed by atoms with Gasteiger partial charge in [0.1, 0.15) is 17.2 Å². The Kier molecular flexibility index (Phi) is 15.8. The van der Waals surface area contributed by atoms with Crippen LogP contribution in [0.4, 0.5) is 35.1 Å². The maximum atomic E-state index is 13.4. The summed E-state index contributed by atoms with van der Waals surface area (Å²) in [6.07, 6.45) is -12.0. The van der Waals surface area contributed by atoms with Crippen LogP contribution in [0.15, 0.2) is 36.4 Å². The molecule has 1 N–H and O–H groups in total. The molecule has 2 aromatic carbocycles. The number of hydrogen-bond acceptors (Lipinski definition) is 9. The van der Waals surface area contributed by atoms with E-state index in [9.17, 15) is 54.3 Å². The Labute approximate surface area is 309 Å². The number of benzene rings is 2. The number of alkyl halides is 8. The molecule has 284 valence electrons. The van der Waals surface area contributed by atoms with E-state index in [2.05, 4.69) is 4.98 Å². The Morgan fingerprint density at radius 1 is 0.846 bits per heavy atom. The molecule has 52 heavy (non-hydrogen) atoms. The van der Waals surface area contributed by atoms with Gasteiger partial charge in [-0.15, -0.1) is 0 Å². The molecule has 0 bridgehead atoms. The predicted molar refractivity (Wildman–Crippen MR) is 179 cm³/mol. The molecule has 1 heterocycles. The first-order chi connectivity index (χ1) is 23.9. The van der Waals surface area contributed by atoms with E-state index in [1.807, 2.05) is 0 Å². The van der Waals surface area contributed by atoms with Gasteiger partial charge in [-0.1, -0.05) is 60.6 Å². The maximum Gasteiger partial charge on any atom is 0.434 e. The van der Waals surface area contributed by atoms with Gasteiger partial charge in [-0.05, 0) is 73.7 Å². The standard InChI is InChI=1S/C17H11Cl2F3O5.C15H16F5NO2S2/c1-8(15(23)24)26-16(25)11-7-10(3-4-12(11)18)27-14-5-2-9(6-13(14)19)17(20,21)22;1-6(2)5-7-8(13(22)24-3)10(12(16)17)21-11(15(18,19)20)9(7)14(23)25-4/h2-8H,1H3,(H,23,24);6,12H,5H2,1-4H3/t8-;/m0./s1. The van der Waals surface area contributed by atoms with Crippen LogP contribution in [0.1, 0.15) is 80.8 Å². The molecule has 3 aromatic rings. The Bertz CT molecular complexity index is 1820. The Morgan fingerprint density at radius 2 is 1.42 bits per heavy atom. The van der Waals surface area contributed by atoms with E-state index in [1.54, 1.807) is 13.8 Å². The second-order valence-corrected chi connectivity index (χ2v) is 13.1. The summed E-state index contributed by atoms with van der Waals surface area (Å²) in [6.45, 7) is 4.46. The summed E-state index contributed by atoms with van der Waals surface area (Å²) in [5.74, 6) is -2.65. The minimum atomic E-state index is -5.10. The van der Waals surface area contributed by atoms with Gasteiger partial charge in [0.15, 0.2) is 11.8 Å². The molecule has 0 saturated heterocycles. The van der Waals surface area contributed by atoms with Crippen LogP contribution in [0.5, 0.6) is 11.5 Å². The molecule has 0 aliphatic rings. The third-order valence-corrected chi connectivity index (χ3v) is 8.25. The fourth-order valence-electron chi connectivity index (χ4n) is 4.17. The number of carboxylic acid groups (broad SMARTS) is 1. The number of ether oxygens (including phenoxy) is 2. The minimum absolute atomic E-state index is 0.0246. The van der Waals surface area contributed by atoms with Crippen LogP contribution in [0.25, 0.3) is 0 Å².